The molecule has 1 aliphatic heterocycles. The molecule has 0 aromatic rings. The molecule has 6 heteroatoms. The molecule has 3 saturated carbocycles. The summed E-state index contributed by atoms with van der Waals surface area (Å²) in [5.41, 5.74) is -2.70. The molecule has 1 heterocycles. The largest absolute Gasteiger partial charge is 0.388 e. The van der Waals surface area contributed by atoms with Gasteiger partial charge in [-0.3, -0.25) is 9.59 Å². The molecule has 1 N–H and O–H groups in total. The Kier molecular flexibility index (Phi) is 7.74. The fourth-order valence-electron chi connectivity index (χ4n) is 12.5. The fraction of sp³-hybridized carbons (Fsp3) is 0.838. The third kappa shape index (κ3) is 3.79. The first-order valence-electron chi connectivity index (χ1n) is 16.7. The second kappa shape index (κ2) is 10.1. The highest BCUT2D eigenvalue weighted by Gasteiger charge is 2.87. The number of methoxy groups -OCH3 is 1. The van der Waals surface area contributed by atoms with Crippen molar-refractivity contribution in [1.29, 1.82) is 0 Å². The van der Waals surface area contributed by atoms with Crippen molar-refractivity contribution in [3.8, 4) is 0 Å². The predicted molar refractivity (Wildman–Crippen MR) is 464 cm³/mol. The highest BCUT2D eigenvalue weighted by Crippen LogP contribution is 2.83. The molecule has 0 aromatic carbocycles. The maximum atomic E-state index is 14.5. The number of aliphatic hydroxyl groups is 1. The van der Waals surface area contributed by atoms with Gasteiger partial charge in [0, 0.05) is 235 Å². The standard InChI is InChI=1S/C37H58O6.140H2/c1-13-14-22(2)30-42-27-20-25-34(11)17-15-23-19-24(39)16-18-35(23,31(3,4)5)28(34)29(41-12)33(9,10)37(25,32(6,7)8)36(27,43-30)26(40)21-38;;;;;;;;;;;;;;;;;;;;;;;;;;;;;;;;;;;;;;;;;;;;;;;;;;;;;;;;;;;;;;;;;;;;;;;;;;;;;;;;;;;;;;;;;;;;;;;;;;;;;;;;;;;;;;;;;;;;;;;;;;;;;;;;;;;;;;;;;;;;/h16,18-19,22,25,27-30,38H,13-15,17,20-21H2,1-12H3;140*1H/t22?,25-,27+,28-,29+,30?,34-,35+,36+,37-;;;;;;;;;;;;;;;;;;;;;;;;;;;;;;;;;;;;;;;;;;;;;;;;;;;;;;;;;;;;;;;;;;;;;;;;;;;;;;;;;;;;;;;;;;;;;;;;;;;;;;;;;;;;;;;;;;;;;;;;;;;;;;;;;;;;;;;;;;;;/m0............................................................................................................................................/s1. The molecular formula is C37H338O6. The van der Waals surface area contributed by atoms with E-state index in [9.17, 15) is 14.7 Å². The van der Waals surface area contributed by atoms with Crippen molar-refractivity contribution in [1.82, 2.24) is 0 Å². The third-order valence-electron chi connectivity index (χ3n) is 13.4. The molecule has 0 aromatic heterocycles. The molecule has 522 valence electrons. The van der Waals surface area contributed by atoms with Crippen molar-refractivity contribution in [2.45, 2.75) is 132 Å². The Bertz CT molecular complexity index is 1360. The van der Waals surface area contributed by atoms with Crippen LogP contribution in [-0.4, -0.2) is 54.5 Å². The van der Waals surface area contributed by atoms with Crippen LogP contribution in [-0.2, 0) is 23.8 Å². The molecule has 0 spiro atoms. The van der Waals surface area contributed by atoms with Gasteiger partial charge in [0.2, 0.25) is 0 Å². The van der Waals surface area contributed by atoms with Crippen LogP contribution in [0.15, 0.2) is 23.8 Å². The van der Waals surface area contributed by atoms with Gasteiger partial charge in [-0.05, 0) is 60.0 Å². The SMILES string of the molecule is CCCC(C)C1O[C@@H]2C[C@H]3[C@]4(C)CCC5=CC(=O)C=C[C@]5(C(C)(C)C)[C@H]4[C@@H](OC)C(C)(C)[C@]3(C(C)(C)C)[C@]2(C(=O)CO)O1.[HH].[HH].[HH].[HH].[HH].[HH].[HH].[HH].[HH].[HH].[HH].[HH].[HH].[HH].[HH].[HH].[HH].[HH].[HH].[HH].[HH].[HH].[HH].[HH].[HH].[HH].[HH].[HH].[HH].[HH].[HH].[HH].[HH].[HH].[HH].[HH].[HH].[HH].[HH].[HH].[HH].[HH].[HH].[HH].[HH].[HH].[HH].[HH].[HH].[HH].[HH].[HH].[HH].[HH].[HH].[HH].[HH].[HH].[HH].[HH].[HH].[HH].[HH].[HH].[HH].[HH].[HH].[HH].[HH].[HH].[HH].[HH].[HH].[HH].[HH].[HH].[HH].[HH].[HH].[HH].[HH].[HH].[HH].[HH].[HH].[HH].[HH].[HH].[HH].[HH].[HH].[HH].[HH].[HH].[HH].[HH].[HH].[HH].[HH].[HH].[HH].[HH].[HH].[HH].[HH].[HH].[HH].[HH].[HH].[HH].[HH].[HH].[HH].[HH].[HH].[HH].[HH].[HH].[HH].[HH].[HH].[HH].[HH].[HH].[HH].[HH].[HH].[HH].[HH].[HH].[HH].[HH].[HH].[HH].[HH].[HH].[HH].[HH].[HH].[HH]. The number of ketones is 2. The molecule has 6 nitrogen and oxygen atoms in total. The van der Waals surface area contributed by atoms with E-state index in [-0.39, 0.29) is 246 Å². The van der Waals surface area contributed by atoms with Crippen LogP contribution < -0.4 is 0 Å². The van der Waals surface area contributed by atoms with Gasteiger partial charge >= 0.3 is 0 Å². The summed E-state index contributed by atoms with van der Waals surface area (Å²) in [6.07, 6.45) is 8.96. The number of ether oxygens (including phenoxy) is 3. The summed E-state index contributed by atoms with van der Waals surface area (Å²) in [6.45, 7) is 24.4. The molecule has 1 saturated heterocycles. The molecule has 43 heavy (non-hydrogen) atoms. The van der Waals surface area contributed by atoms with Crippen LogP contribution in [0.25, 0.3) is 0 Å². The number of carbonyl (C=O) groups excluding carboxylic acids is 2. The Morgan fingerprint density at radius 2 is 1.81 bits per heavy atom. The number of allylic oxidation sites excluding steroid dienone is 4. The Morgan fingerprint density at radius 3 is 2.35 bits per heavy atom. The van der Waals surface area contributed by atoms with Crippen LogP contribution in [0.3, 0.4) is 0 Å². The first-order valence-corrected chi connectivity index (χ1v) is 16.7. The first-order chi connectivity index (χ1) is 19.8. The highest BCUT2D eigenvalue weighted by atomic mass is 16.7. The minimum absolute atomic E-state index is 0. The normalized spacial score (nSPS) is 44.3. The van der Waals surface area contributed by atoms with Gasteiger partial charge in [-0.1, -0.05) is 94.2 Å². The predicted octanol–water partition coefficient (Wildman–Crippen LogP) is 41.5. The van der Waals surface area contributed by atoms with E-state index in [2.05, 4.69) is 82.2 Å². The van der Waals surface area contributed by atoms with Crippen molar-refractivity contribution in [3.05, 3.63) is 23.8 Å². The van der Waals surface area contributed by atoms with E-state index < -0.39 is 46.3 Å². The van der Waals surface area contributed by atoms with Crippen molar-refractivity contribution < 1.29 is 229 Å². The lowest BCUT2D eigenvalue weighted by molar-refractivity contribution is -0.323. The van der Waals surface area contributed by atoms with Crippen LogP contribution in [0, 0.1) is 50.2 Å². The zero-order valence-corrected chi connectivity index (χ0v) is 28.9. The Balaban J connectivity index is -0.00000000118. The van der Waals surface area contributed by atoms with Crippen LogP contribution in [0.2, 0.25) is 0 Å². The summed E-state index contributed by atoms with van der Waals surface area (Å²) in [6, 6.07) is 0. The molecule has 10 atom stereocenters. The summed E-state index contributed by atoms with van der Waals surface area (Å²) < 4.78 is 20.8. The fourth-order valence-corrected chi connectivity index (χ4v) is 12.5. The average molecular weight is 881 g/mol. The van der Waals surface area contributed by atoms with E-state index in [1.54, 1.807) is 6.08 Å². The van der Waals surface area contributed by atoms with E-state index in [1.165, 1.54) is 5.57 Å². The maximum Gasteiger partial charge on any atom is 0.193 e. The summed E-state index contributed by atoms with van der Waals surface area (Å²) in [5.74, 6) is -0.000279. The van der Waals surface area contributed by atoms with Gasteiger partial charge < -0.3 is 19.3 Å². The molecule has 4 aliphatic carbocycles. The third-order valence-corrected chi connectivity index (χ3v) is 13.4. The Morgan fingerprint density at radius 1 is 1.16 bits per heavy atom. The number of hydrogen-bond donors (Lipinski definition) is 1. The average Bonchev–Trinajstić information content (AvgIpc) is 3.42. The maximum absolute atomic E-state index is 14.5. The highest BCUT2D eigenvalue weighted by molar-refractivity contribution is 6.01. The van der Waals surface area contributed by atoms with Gasteiger partial charge in [-0.15, -0.1) is 0 Å². The molecule has 0 bridgehead atoms. The van der Waals surface area contributed by atoms with E-state index >= 15 is 0 Å². The zero-order chi connectivity index (χ0) is 32.2. The van der Waals surface area contributed by atoms with Gasteiger partial charge in [0.15, 0.2) is 23.5 Å². The molecule has 5 rings (SSSR count). The van der Waals surface area contributed by atoms with Gasteiger partial charge in [0.05, 0.1) is 12.2 Å². The Hall–Kier alpha value is -1.34. The summed E-state index contributed by atoms with van der Waals surface area (Å²) in [7, 11) is 1.82. The van der Waals surface area contributed by atoms with E-state index in [1.807, 2.05) is 13.2 Å². The van der Waals surface area contributed by atoms with E-state index in [0.717, 1.165) is 25.7 Å². The van der Waals surface area contributed by atoms with Crippen molar-refractivity contribution >= 4 is 11.6 Å². The molecule has 0 amide bonds. The van der Waals surface area contributed by atoms with Gasteiger partial charge in [0.25, 0.3) is 0 Å². The van der Waals surface area contributed by atoms with Gasteiger partial charge in [0.1, 0.15) is 6.61 Å². The number of fused-ring (bicyclic) bond motifs is 7. The van der Waals surface area contributed by atoms with E-state index in [4.69, 9.17) is 14.2 Å². The lowest BCUT2D eigenvalue weighted by Gasteiger charge is -2.76. The molecular weight excluding hydrogens is 540 g/mol. The number of carbonyl (C=O) groups is 2. The monoisotopic (exact) mass is 881 g/mol. The minimum Gasteiger partial charge on any atom is -0.388 e. The van der Waals surface area contributed by atoms with Crippen LogP contribution in [0.4, 0.5) is 0 Å². The minimum atomic E-state index is -1.31. The van der Waals surface area contributed by atoms with Crippen LogP contribution in [0.5, 0.6) is 0 Å². The lowest BCUT2D eigenvalue weighted by Crippen LogP contribution is -2.78. The first kappa shape index (κ1) is 33.0. The van der Waals surface area contributed by atoms with Crippen molar-refractivity contribution in [3.63, 3.8) is 0 Å². The zero-order valence-electron chi connectivity index (χ0n) is 28.9. The number of rotatable bonds is 6. The summed E-state index contributed by atoms with van der Waals surface area (Å²) in [5, 5.41) is 10.7. The number of aliphatic hydroxyl groups excluding tert-OH is 1. The van der Waals surface area contributed by atoms with Crippen LogP contribution in [0.1, 0.15) is 308 Å². The number of Topliss-reactive ketones (excluding diaryl/α,β-unsaturated/α-hetero) is 1. The summed E-state index contributed by atoms with van der Waals surface area (Å²) in [4.78, 5) is 27.3. The lowest BCUT2D eigenvalue weighted by atomic mass is 9.29. The van der Waals surface area contributed by atoms with Crippen molar-refractivity contribution in [2.24, 2.45) is 50.2 Å². The smallest absolute Gasteiger partial charge is 0.193 e. The second-order valence-electron chi connectivity index (χ2n) is 17.4. The molecule has 2 unspecified atom stereocenters. The van der Waals surface area contributed by atoms with E-state index in [0.29, 0.717) is 6.42 Å². The number of hydrogen-bond acceptors (Lipinski definition) is 6. The quantitative estimate of drug-likeness (QED) is 0.286. The van der Waals surface area contributed by atoms with Crippen molar-refractivity contribution in [2.75, 3.05) is 13.7 Å². The molecule has 4 fully saturated rings. The Labute approximate surface area is 468 Å². The second-order valence-corrected chi connectivity index (χ2v) is 17.4. The van der Waals surface area contributed by atoms with Crippen LogP contribution >= 0.6 is 0 Å². The van der Waals surface area contributed by atoms with Gasteiger partial charge in [-0.2, -0.15) is 0 Å². The van der Waals surface area contributed by atoms with Gasteiger partial charge in [-0.25, -0.2) is 0 Å². The molecule has 5 aliphatic rings. The topological polar surface area (TPSA) is 82.1 Å². The molecule has 0 radical (unpaired) electrons. The summed E-state index contributed by atoms with van der Waals surface area (Å²) >= 11 is 0.